The number of methoxy groups -OCH3 is 1. The van der Waals surface area contributed by atoms with Crippen LogP contribution in [-0.2, 0) is 14.3 Å². The maximum Gasteiger partial charge on any atom is 0.407 e. The first-order valence-electron chi connectivity index (χ1n) is 6.56. The highest BCUT2D eigenvalue weighted by Crippen LogP contribution is 2.22. The molecule has 18 heavy (non-hydrogen) atoms. The van der Waals surface area contributed by atoms with E-state index in [4.69, 9.17) is 4.74 Å². The third-order valence-corrected chi connectivity index (χ3v) is 3.60. The van der Waals surface area contributed by atoms with E-state index in [0.29, 0.717) is 13.2 Å². The van der Waals surface area contributed by atoms with Gasteiger partial charge in [0.25, 0.3) is 0 Å². The predicted octanol–water partition coefficient (Wildman–Crippen LogP) is 1.75. The van der Waals surface area contributed by atoms with Gasteiger partial charge in [-0.3, -0.25) is 4.79 Å². The largest absolute Gasteiger partial charge is 0.453 e. The number of carbonyl (C=O) groups excluding carboxylic acids is 2. The van der Waals surface area contributed by atoms with Crippen molar-refractivity contribution >= 4 is 11.9 Å². The van der Waals surface area contributed by atoms with Crippen LogP contribution >= 0.6 is 0 Å². The number of hydrogen-bond donors (Lipinski definition) is 1. The lowest BCUT2D eigenvalue weighted by Gasteiger charge is -2.31. The van der Waals surface area contributed by atoms with Crippen molar-refractivity contribution in [1.82, 2.24) is 5.32 Å². The third kappa shape index (κ3) is 3.98. The summed E-state index contributed by atoms with van der Waals surface area (Å²) in [4.78, 5) is 23.7. The Bertz CT molecular complexity index is 287. The fourth-order valence-electron chi connectivity index (χ4n) is 2.16. The van der Waals surface area contributed by atoms with E-state index in [2.05, 4.69) is 10.1 Å². The molecule has 1 saturated heterocycles. The number of hydrogen-bond acceptors (Lipinski definition) is 4. The summed E-state index contributed by atoms with van der Waals surface area (Å²) in [6.07, 6.45) is 1.85. The Labute approximate surface area is 108 Å². The van der Waals surface area contributed by atoms with Crippen LogP contribution in [0.4, 0.5) is 4.79 Å². The molecule has 2 atom stereocenters. The highest BCUT2D eigenvalue weighted by Gasteiger charge is 2.33. The monoisotopic (exact) mass is 257 g/mol. The Morgan fingerprint density at radius 3 is 2.50 bits per heavy atom. The molecular weight excluding hydrogens is 234 g/mol. The molecule has 1 N–H and O–H groups in total. The molecule has 0 aromatic carbocycles. The van der Waals surface area contributed by atoms with Gasteiger partial charge in [-0.2, -0.15) is 0 Å². The van der Waals surface area contributed by atoms with E-state index in [9.17, 15) is 9.59 Å². The van der Waals surface area contributed by atoms with E-state index in [1.54, 1.807) is 0 Å². The molecule has 2 unspecified atom stereocenters. The fourth-order valence-corrected chi connectivity index (χ4v) is 2.16. The lowest BCUT2D eigenvalue weighted by Crippen LogP contribution is -2.49. The second-order valence-corrected chi connectivity index (χ2v) is 4.78. The maximum atomic E-state index is 12.3. The van der Waals surface area contributed by atoms with Gasteiger partial charge in [0.1, 0.15) is 0 Å². The molecule has 1 rings (SSSR count). The van der Waals surface area contributed by atoms with Crippen molar-refractivity contribution in [3.05, 3.63) is 0 Å². The number of ether oxygens (including phenoxy) is 2. The van der Waals surface area contributed by atoms with Gasteiger partial charge >= 0.3 is 6.09 Å². The minimum atomic E-state index is -0.539. The van der Waals surface area contributed by atoms with E-state index in [1.165, 1.54) is 7.11 Å². The minimum absolute atomic E-state index is 0.0463. The van der Waals surface area contributed by atoms with Gasteiger partial charge in [0.2, 0.25) is 0 Å². The van der Waals surface area contributed by atoms with Crippen LogP contribution in [-0.4, -0.2) is 38.2 Å². The fraction of sp³-hybridized carbons (Fsp3) is 0.846. The van der Waals surface area contributed by atoms with Crippen LogP contribution in [0.15, 0.2) is 0 Å². The van der Waals surface area contributed by atoms with E-state index in [0.717, 1.165) is 19.3 Å². The number of nitrogens with one attached hydrogen (secondary N) is 1. The quantitative estimate of drug-likeness (QED) is 0.815. The average molecular weight is 257 g/mol. The van der Waals surface area contributed by atoms with Crippen molar-refractivity contribution in [2.24, 2.45) is 11.8 Å². The molecule has 0 bridgehead atoms. The van der Waals surface area contributed by atoms with Crippen LogP contribution in [0.2, 0.25) is 0 Å². The Morgan fingerprint density at radius 1 is 1.39 bits per heavy atom. The zero-order valence-corrected chi connectivity index (χ0v) is 11.4. The van der Waals surface area contributed by atoms with Gasteiger partial charge in [-0.15, -0.1) is 0 Å². The molecule has 1 amide bonds. The number of alkyl carbamates (subject to hydrolysis) is 1. The molecule has 5 nitrogen and oxygen atoms in total. The molecule has 0 aliphatic carbocycles. The lowest BCUT2D eigenvalue weighted by molar-refractivity contribution is -0.126. The molecule has 0 aromatic rings. The minimum Gasteiger partial charge on any atom is -0.453 e. The highest BCUT2D eigenvalue weighted by molar-refractivity contribution is 5.89. The lowest BCUT2D eigenvalue weighted by atomic mass is 9.84. The first-order valence-corrected chi connectivity index (χ1v) is 6.56. The van der Waals surface area contributed by atoms with Gasteiger partial charge in [0.05, 0.1) is 13.2 Å². The third-order valence-electron chi connectivity index (χ3n) is 3.60. The first-order chi connectivity index (χ1) is 8.60. The summed E-state index contributed by atoms with van der Waals surface area (Å²) in [5, 5.41) is 2.69. The van der Waals surface area contributed by atoms with Crippen LogP contribution in [0.5, 0.6) is 0 Å². The Balaban J connectivity index is 2.72. The summed E-state index contributed by atoms with van der Waals surface area (Å²) in [5.74, 6) is 0.198. The molecule has 0 spiro atoms. The average Bonchev–Trinajstić information content (AvgIpc) is 2.43. The first kappa shape index (κ1) is 15.0. The Kier molecular flexibility index (Phi) is 6.12. The summed E-state index contributed by atoms with van der Waals surface area (Å²) in [7, 11) is 1.31. The molecule has 5 heteroatoms. The van der Waals surface area contributed by atoms with Crippen molar-refractivity contribution in [2.45, 2.75) is 39.2 Å². The van der Waals surface area contributed by atoms with Crippen molar-refractivity contribution < 1.29 is 19.1 Å². The Hall–Kier alpha value is -1.10. The molecule has 1 aliphatic rings. The topological polar surface area (TPSA) is 64.6 Å². The summed E-state index contributed by atoms with van der Waals surface area (Å²) in [5.41, 5.74) is 0. The predicted molar refractivity (Wildman–Crippen MR) is 67.3 cm³/mol. The second-order valence-electron chi connectivity index (χ2n) is 4.78. The van der Waals surface area contributed by atoms with Crippen molar-refractivity contribution in [1.29, 1.82) is 0 Å². The van der Waals surface area contributed by atoms with Crippen molar-refractivity contribution in [3.8, 4) is 0 Å². The van der Waals surface area contributed by atoms with E-state index in [1.807, 2.05) is 13.8 Å². The SMILES string of the molecule is CCC(C)C(=O)C(NC(=O)OC)C1CCOCC1. The molecule has 1 heterocycles. The zero-order valence-electron chi connectivity index (χ0n) is 11.4. The zero-order chi connectivity index (χ0) is 13.5. The maximum absolute atomic E-state index is 12.3. The highest BCUT2D eigenvalue weighted by atomic mass is 16.5. The number of rotatable bonds is 5. The summed E-state index contributed by atoms with van der Waals surface area (Å²) in [6, 6.07) is -0.448. The molecule has 0 aromatic heterocycles. The van der Waals surface area contributed by atoms with Crippen LogP contribution < -0.4 is 5.32 Å². The molecule has 0 radical (unpaired) electrons. The van der Waals surface area contributed by atoms with Crippen LogP contribution in [0, 0.1) is 11.8 Å². The van der Waals surface area contributed by atoms with Gasteiger partial charge in [0, 0.05) is 19.1 Å². The molecule has 104 valence electrons. The summed E-state index contributed by atoms with van der Waals surface area (Å²) < 4.78 is 9.89. The number of amides is 1. The molecule has 0 saturated carbocycles. The van der Waals surface area contributed by atoms with Crippen LogP contribution in [0.1, 0.15) is 33.1 Å². The smallest absolute Gasteiger partial charge is 0.407 e. The van der Waals surface area contributed by atoms with Gasteiger partial charge < -0.3 is 14.8 Å². The Morgan fingerprint density at radius 2 is 2.00 bits per heavy atom. The molecular formula is C13H23NO4. The van der Waals surface area contributed by atoms with Gasteiger partial charge in [-0.05, 0) is 25.2 Å². The molecule has 1 fully saturated rings. The van der Waals surface area contributed by atoms with E-state index in [-0.39, 0.29) is 17.6 Å². The van der Waals surface area contributed by atoms with Gasteiger partial charge in [-0.25, -0.2) is 4.79 Å². The standard InChI is InChI=1S/C13H23NO4/c1-4-9(2)12(15)11(14-13(16)17-3)10-5-7-18-8-6-10/h9-11H,4-8H2,1-3H3,(H,14,16). The second kappa shape index (κ2) is 7.36. The van der Waals surface area contributed by atoms with Gasteiger partial charge in [-0.1, -0.05) is 13.8 Å². The van der Waals surface area contributed by atoms with E-state index < -0.39 is 12.1 Å². The number of Topliss-reactive ketones (excluding diaryl/α,β-unsaturated/α-hetero) is 1. The number of ketones is 1. The van der Waals surface area contributed by atoms with Crippen LogP contribution in [0.3, 0.4) is 0 Å². The van der Waals surface area contributed by atoms with Gasteiger partial charge in [0.15, 0.2) is 5.78 Å². The van der Waals surface area contributed by atoms with Crippen LogP contribution in [0.25, 0.3) is 0 Å². The normalized spacial score (nSPS) is 19.9. The number of carbonyl (C=O) groups is 2. The van der Waals surface area contributed by atoms with E-state index >= 15 is 0 Å². The van der Waals surface area contributed by atoms with Crippen molar-refractivity contribution in [2.75, 3.05) is 20.3 Å². The summed E-state index contributed by atoms with van der Waals surface area (Å²) in [6.45, 7) is 5.17. The summed E-state index contributed by atoms with van der Waals surface area (Å²) >= 11 is 0. The molecule has 1 aliphatic heterocycles. The van der Waals surface area contributed by atoms with Crippen molar-refractivity contribution in [3.63, 3.8) is 0 Å².